The Labute approximate surface area is 93.3 Å². The lowest BCUT2D eigenvalue weighted by Gasteiger charge is -1.98. The Bertz CT molecular complexity index is 433. The molecular weight excluding hydrogens is 206 g/mol. The Morgan fingerprint density at radius 2 is 1.93 bits per heavy atom. The van der Waals surface area contributed by atoms with Gasteiger partial charge in [-0.05, 0) is 19.4 Å². The van der Waals surface area contributed by atoms with Crippen LogP contribution >= 0.6 is 11.8 Å². The molecule has 3 nitrogen and oxygen atoms in total. The van der Waals surface area contributed by atoms with Gasteiger partial charge < -0.3 is 0 Å². The van der Waals surface area contributed by atoms with Crippen LogP contribution in [0.2, 0.25) is 0 Å². The van der Waals surface area contributed by atoms with E-state index in [-0.39, 0.29) is 0 Å². The van der Waals surface area contributed by atoms with Crippen molar-refractivity contribution in [3.63, 3.8) is 0 Å². The van der Waals surface area contributed by atoms with E-state index in [1.54, 1.807) is 11.8 Å². The average Bonchev–Trinajstić information content (AvgIpc) is 2.64. The fourth-order valence-electron chi connectivity index (χ4n) is 1.22. The summed E-state index contributed by atoms with van der Waals surface area (Å²) in [4.78, 5) is 4.24. The summed E-state index contributed by atoms with van der Waals surface area (Å²) in [6, 6.07) is 8.53. The molecule has 0 unspecified atom stereocenters. The number of aryl methyl sites for hydroxylation is 2. The molecule has 0 saturated heterocycles. The molecule has 2 aromatic rings. The first kappa shape index (κ1) is 10.2. The number of rotatable bonds is 3. The van der Waals surface area contributed by atoms with Crippen molar-refractivity contribution < 1.29 is 0 Å². The molecule has 2 rings (SSSR count). The highest BCUT2D eigenvalue weighted by atomic mass is 32.2. The van der Waals surface area contributed by atoms with Crippen molar-refractivity contribution in [2.24, 2.45) is 0 Å². The molecule has 1 aromatic carbocycles. The summed E-state index contributed by atoms with van der Waals surface area (Å²) < 4.78 is 0. The number of H-pyrrole nitrogens is 1. The summed E-state index contributed by atoms with van der Waals surface area (Å²) in [7, 11) is 0. The highest BCUT2D eigenvalue weighted by molar-refractivity contribution is 7.98. The van der Waals surface area contributed by atoms with Crippen LogP contribution in [-0.4, -0.2) is 15.2 Å². The van der Waals surface area contributed by atoms with Crippen LogP contribution in [0, 0.1) is 13.8 Å². The maximum atomic E-state index is 4.24. The van der Waals surface area contributed by atoms with E-state index in [4.69, 9.17) is 0 Å². The fraction of sp³-hybridized carbons (Fsp3) is 0.273. The van der Waals surface area contributed by atoms with E-state index in [1.807, 2.05) is 6.92 Å². The second kappa shape index (κ2) is 4.49. The molecule has 0 aliphatic rings. The van der Waals surface area contributed by atoms with Crippen molar-refractivity contribution in [1.29, 1.82) is 0 Å². The lowest BCUT2D eigenvalue weighted by molar-refractivity contribution is 0.969. The number of nitrogens with zero attached hydrogens (tertiary/aromatic N) is 2. The van der Waals surface area contributed by atoms with Gasteiger partial charge in [0, 0.05) is 5.75 Å². The standard InChI is InChI=1S/C11H13N3S/c1-8-3-5-10(6-4-8)7-15-11-12-9(2)13-14-11/h3-6H,7H2,1-2H3,(H,12,13,14). The van der Waals surface area contributed by atoms with Crippen LogP contribution < -0.4 is 0 Å². The monoisotopic (exact) mass is 219 g/mol. The third-order valence-electron chi connectivity index (χ3n) is 2.07. The molecule has 78 valence electrons. The minimum Gasteiger partial charge on any atom is -0.262 e. The molecule has 0 spiro atoms. The predicted octanol–water partition coefficient (Wildman–Crippen LogP) is 2.71. The number of hydrogen-bond donors (Lipinski definition) is 1. The molecule has 1 heterocycles. The summed E-state index contributed by atoms with van der Waals surface area (Å²) >= 11 is 1.65. The molecule has 1 N–H and O–H groups in total. The normalized spacial score (nSPS) is 10.5. The molecule has 0 amide bonds. The summed E-state index contributed by atoms with van der Waals surface area (Å²) in [5, 5.41) is 7.72. The van der Waals surface area contributed by atoms with Gasteiger partial charge in [0.15, 0.2) is 0 Å². The number of hydrogen-bond acceptors (Lipinski definition) is 3. The smallest absolute Gasteiger partial charge is 0.208 e. The molecule has 4 heteroatoms. The van der Waals surface area contributed by atoms with Crippen molar-refractivity contribution in [2.75, 3.05) is 0 Å². The van der Waals surface area contributed by atoms with E-state index in [9.17, 15) is 0 Å². The first-order valence-corrected chi connectivity index (χ1v) is 5.80. The SMILES string of the molecule is Cc1ccc(CSc2n[nH]c(C)n2)cc1. The minimum absolute atomic E-state index is 0.813. The van der Waals surface area contributed by atoms with E-state index < -0.39 is 0 Å². The molecule has 0 bridgehead atoms. The number of thioether (sulfide) groups is 1. The van der Waals surface area contributed by atoms with Crippen LogP contribution in [0.25, 0.3) is 0 Å². The molecule has 0 aliphatic carbocycles. The number of aromatic amines is 1. The number of nitrogens with one attached hydrogen (secondary N) is 1. The molecule has 15 heavy (non-hydrogen) atoms. The van der Waals surface area contributed by atoms with Crippen LogP contribution in [0.1, 0.15) is 17.0 Å². The third kappa shape index (κ3) is 2.83. The molecule has 0 atom stereocenters. The molecule has 1 aromatic heterocycles. The Hall–Kier alpha value is -1.29. The summed E-state index contributed by atoms with van der Waals surface area (Å²) in [6.07, 6.45) is 0. The summed E-state index contributed by atoms with van der Waals surface area (Å²) in [5.41, 5.74) is 2.59. The number of benzene rings is 1. The highest BCUT2D eigenvalue weighted by Crippen LogP contribution is 2.18. The zero-order valence-corrected chi connectivity index (χ0v) is 9.64. The van der Waals surface area contributed by atoms with E-state index in [1.165, 1.54) is 11.1 Å². The van der Waals surface area contributed by atoms with Crippen LogP contribution in [-0.2, 0) is 5.75 Å². The first-order chi connectivity index (χ1) is 7.24. The maximum Gasteiger partial charge on any atom is 0.208 e. The second-order valence-corrected chi connectivity index (χ2v) is 4.42. The topological polar surface area (TPSA) is 41.6 Å². The van der Waals surface area contributed by atoms with Crippen molar-refractivity contribution in [3.8, 4) is 0 Å². The molecule has 0 saturated carbocycles. The van der Waals surface area contributed by atoms with E-state index in [0.717, 1.165) is 16.7 Å². The van der Waals surface area contributed by atoms with Gasteiger partial charge in [0.05, 0.1) is 0 Å². The molecule has 0 radical (unpaired) electrons. The molecular formula is C11H13N3S. The fourth-order valence-corrected chi connectivity index (χ4v) is 2.02. The minimum atomic E-state index is 0.813. The maximum absolute atomic E-state index is 4.24. The zero-order valence-electron chi connectivity index (χ0n) is 8.82. The van der Waals surface area contributed by atoms with Gasteiger partial charge in [-0.1, -0.05) is 41.6 Å². The van der Waals surface area contributed by atoms with Crippen LogP contribution in [0.3, 0.4) is 0 Å². The lowest BCUT2D eigenvalue weighted by Crippen LogP contribution is -1.82. The van der Waals surface area contributed by atoms with Crippen LogP contribution in [0.4, 0.5) is 0 Å². The van der Waals surface area contributed by atoms with Crippen molar-refractivity contribution in [3.05, 3.63) is 41.2 Å². The largest absolute Gasteiger partial charge is 0.262 e. The van der Waals surface area contributed by atoms with Gasteiger partial charge in [-0.15, -0.1) is 5.10 Å². The average molecular weight is 219 g/mol. The van der Waals surface area contributed by atoms with Gasteiger partial charge in [0.2, 0.25) is 5.16 Å². The molecule has 0 aliphatic heterocycles. The lowest BCUT2D eigenvalue weighted by atomic mass is 10.2. The van der Waals surface area contributed by atoms with Gasteiger partial charge in [-0.2, -0.15) is 0 Å². The van der Waals surface area contributed by atoms with Gasteiger partial charge in [0.1, 0.15) is 5.82 Å². The van der Waals surface area contributed by atoms with Crippen LogP contribution in [0.5, 0.6) is 0 Å². The van der Waals surface area contributed by atoms with Gasteiger partial charge in [-0.3, -0.25) is 5.10 Å². The summed E-state index contributed by atoms with van der Waals surface area (Å²) in [6.45, 7) is 4.00. The Balaban J connectivity index is 1.96. The first-order valence-electron chi connectivity index (χ1n) is 4.81. The zero-order chi connectivity index (χ0) is 10.7. The Morgan fingerprint density at radius 1 is 1.20 bits per heavy atom. The van der Waals surface area contributed by atoms with Gasteiger partial charge in [-0.25, -0.2) is 4.98 Å². The third-order valence-corrected chi connectivity index (χ3v) is 2.98. The van der Waals surface area contributed by atoms with Crippen molar-refractivity contribution in [1.82, 2.24) is 15.2 Å². The van der Waals surface area contributed by atoms with Gasteiger partial charge >= 0.3 is 0 Å². The van der Waals surface area contributed by atoms with Crippen molar-refractivity contribution >= 4 is 11.8 Å². The van der Waals surface area contributed by atoms with E-state index >= 15 is 0 Å². The Morgan fingerprint density at radius 3 is 2.53 bits per heavy atom. The van der Waals surface area contributed by atoms with E-state index in [0.29, 0.717) is 0 Å². The molecule has 0 fully saturated rings. The second-order valence-electron chi connectivity index (χ2n) is 3.48. The quantitative estimate of drug-likeness (QED) is 0.807. The highest BCUT2D eigenvalue weighted by Gasteiger charge is 2.00. The number of aromatic nitrogens is 3. The van der Waals surface area contributed by atoms with Crippen LogP contribution in [0.15, 0.2) is 29.4 Å². The Kier molecular flexibility index (Phi) is 3.06. The van der Waals surface area contributed by atoms with E-state index in [2.05, 4.69) is 46.4 Å². The predicted molar refractivity (Wildman–Crippen MR) is 61.9 cm³/mol. The van der Waals surface area contributed by atoms with Crippen molar-refractivity contribution in [2.45, 2.75) is 24.8 Å². The summed E-state index contributed by atoms with van der Waals surface area (Å²) in [5.74, 6) is 1.78. The van der Waals surface area contributed by atoms with Gasteiger partial charge in [0.25, 0.3) is 0 Å².